The first-order valence-electron chi connectivity index (χ1n) is 6.76. The lowest BCUT2D eigenvalue weighted by atomic mass is 10.1. The van der Waals surface area contributed by atoms with Crippen molar-refractivity contribution in [2.75, 3.05) is 12.4 Å². The number of ether oxygens (including phenoxy) is 1. The summed E-state index contributed by atoms with van der Waals surface area (Å²) in [6.45, 7) is 0.233. The van der Waals surface area contributed by atoms with Gasteiger partial charge in [-0.25, -0.2) is 4.39 Å². The Morgan fingerprint density at radius 3 is 2.68 bits per heavy atom. The molecule has 1 amide bonds. The number of rotatable bonds is 4. The van der Waals surface area contributed by atoms with E-state index in [4.69, 9.17) is 9.15 Å². The minimum absolute atomic E-state index is 0.108. The number of benzene rings is 2. The highest BCUT2D eigenvalue weighted by Gasteiger charge is 2.21. The monoisotopic (exact) mass is 299 g/mol. The van der Waals surface area contributed by atoms with Crippen LogP contribution in [0.1, 0.15) is 16.1 Å². The Bertz CT molecular complexity index is 826. The van der Waals surface area contributed by atoms with Crippen molar-refractivity contribution in [3.05, 3.63) is 65.7 Å². The Morgan fingerprint density at radius 1 is 1.18 bits per heavy atom. The largest absolute Gasteiger partial charge is 0.451 e. The highest BCUT2D eigenvalue weighted by molar-refractivity contribution is 6.06. The third-order valence-corrected chi connectivity index (χ3v) is 3.32. The Balaban J connectivity index is 2.00. The SMILES string of the molecule is COCc1c(C(=O)Nc2ccccc2F)oc2ccccc12. The summed E-state index contributed by atoms with van der Waals surface area (Å²) in [4.78, 5) is 12.4. The summed E-state index contributed by atoms with van der Waals surface area (Å²) >= 11 is 0. The van der Waals surface area contributed by atoms with Crippen molar-refractivity contribution in [2.45, 2.75) is 6.61 Å². The van der Waals surface area contributed by atoms with Gasteiger partial charge in [-0.2, -0.15) is 0 Å². The number of hydrogen-bond donors (Lipinski definition) is 1. The lowest BCUT2D eigenvalue weighted by Crippen LogP contribution is -2.14. The van der Waals surface area contributed by atoms with E-state index >= 15 is 0 Å². The molecule has 0 saturated carbocycles. The zero-order valence-corrected chi connectivity index (χ0v) is 11.9. The Hall–Kier alpha value is -2.66. The van der Waals surface area contributed by atoms with Gasteiger partial charge in [-0.05, 0) is 18.2 Å². The summed E-state index contributed by atoms with van der Waals surface area (Å²) in [5.74, 6) is -0.875. The summed E-state index contributed by atoms with van der Waals surface area (Å²) in [6, 6.07) is 13.3. The predicted octanol–water partition coefficient (Wildman–Crippen LogP) is 3.97. The van der Waals surface area contributed by atoms with Gasteiger partial charge in [0, 0.05) is 18.1 Å². The molecule has 5 heteroatoms. The fourth-order valence-corrected chi connectivity index (χ4v) is 2.31. The fraction of sp³-hybridized carbons (Fsp3) is 0.118. The van der Waals surface area contributed by atoms with Crippen molar-refractivity contribution in [3.8, 4) is 0 Å². The van der Waals surface area contributed by atoms with Crippen molar-refractivity contribution in [1.82, 2.24) is 0 Å². The minimum atomic E-state index is -0.506. The molecule has 3 aromatic rings. The van der Waals surface area contributed by atoms with E-state index in [2.05, 4.69) is 5.32 Å². The van der Waals surface area contributed by atoms with E-state index in [-0.39, 0.29) is 18.1 Å². The molecular weight excluding hydrogens is 285 g/mol. The first-order chi connectivity index (χ1) is 10.7. The molecule has 3 rings (SSSR count). The molecule has 4 nitrogen and oxygen atoms in total. The highest BCUT2D eigenvalue weighted by Crippen LogP contribution is 2.27. The molecule has 2 aromatic carbocycles. The summed E-state index contributed by atoms with van der Waals surface area (Å²) in [5, 5.41) is 3.33. The molecule has 1 heterocycles. The van der Waals surface area contributed by atoms with Gasteiger partial charge in [0.25, 0.3) is 5.91 Å². The Labute approximate surface area is 126 Å². The van der Waals surface area contributed by atoms with Gasteiger partial charge in [0.1, 0.15) is 11.4 Å². The summed E-state index contributed by atoms with van der Waals surface area (Å²) in [5.41, 5.74) is 1.34. The maximum atomic E-state index is 13.6. The molecule has 0 aliphatic carbocycles. The average Bonchev–Trinajstić information content (AvgIpc) is 2.89. The molecular formula is C17H14FNO3. The minimum Gasteiger partial charge on any atom is -0.451 e. The van der Waals surface area contributed by atoms with Gasteiger partial charge in [0.15, 0.2) is 5.76 Å². The first-order valence-corrected chi connectivity index (χ1v) is 6.76. The third-order valence-electron chi connectivity index (χ3n) is 3.32. The van der Waals surface area contributed by atoms with Crippen LogP contribution in [0.4, 0.5) is 10.1 Å². The van der Waals surface area contributed by atoms with Gasteiger partial charge in [0.05, 0.1) is 12.3 Å². The van der Waals surface area contributed by atoms with E-state index in [1.54, 1.807) is 25.3 Å². The highest BCUT2D eigenvalue weighted by atomic mass is 19.1. The molecule has 0 atom stereocenters. The molecule has 1 N–H and O–H groups in total. The van der Waals surface area contributed by atoms with Crippen LogP contribution in [0.5, 0.6) is 0 Å². The number of fused-ring (bicyclic) bond motifs is 1. The van der Waals surface area contributed by atoms with Crippen LogP contribution >= 0.6 is 0 Å². The molecule has 0 spiro atoms. The van der Waals surface area contributed by atoms with Crippen LogP contribution in [0.15, 0.2) is 52.9 Å². The number of amides is 1. The second kappa shape index (κ2) is 5.99. The molecule has 0 aliphatic rings. The number of furan rings is 1. The Kier molecular flexibility index (Phi) is 3.89. The van der Waals surface area contributed by atoms with Gasteiger partial charge < -0.3 is 14.5 Å². The molecule has 0 aliphatic heterocycles. The molecule has 0 unspecified atom stereocenters. The van der Waals surface area contributed by atoms with E-state index in [0.29, 0.717) is 11.1 Å². The fourth-order valence-electron chi connectivity index (χ4n) is 2.31. The number of halogens is 1. The van der Waals surface area contributed by atoms with E-state index in [9.17, 15) is 9.18 Å². The molecule has 0 bridgehead atoms. The lowest BCUT2D eigenvalue weighted by molar-refractivity contribution is 0.0991. The number of carbonyl (C=O) groups excluding carboxylic acids is 1. The Morgan fingerprint density at radius 2 is 1.91 bits per heavy atom. The maximum Gasteiger partial charge on any atom is 0.291 e. The number of methoxy groups -OCH3 is 1. The average molecular weight is 299 g/mol. The lowest BCUT2D eigenvalue weighted by Gasteiger charge is -2.06. The summed E-state index contributed by atoms with van der Waals surface area (Å²) in [6.07, 6.45) is 0. The van der Waals surface area contributed by atoms with Crippen LogP contribution in [0.3, 0.4) is 0 Å². The normalized spacial score (nSPS) is 10.8. The van der Waals surface area contributed by atoms with Crippen molar-refractivity contribution < 1.29 is 18.3 Å². The van der Waals surface area contributed by atoms with Gasteiger partial charge in [-0.1, -0.05) is 30.3 Å². The number of nitrogens with one attached hydrogen (secondary N) is 1. The molecule has 112 valence electrons. The molecule has 1 aromatic heterocycles. The van der Waals surface area contributed by atoms with Gasteiger partial charge in [-0.15, -0.1) is 0 Å². The van der Waals surface area contributed by atoms with Gasteiger partial charge >= 0.3 is 0 Å². The van der Waals surface area contributed by atoms with Crippen LogP contribution < -0.4 is 5.32 Å². The van der Waals surface area contributed by atoms with E-state index < -0.39 is 11.7 Å². The van der Waals surface area contributed by atoms with Crippen LogP contribution in [-0.4, -0.2) is 13.0 Å². The number of anilines is 1. The number of carbonyl (C=O) groups is 1. The predicted molar refractivity (Wildman–Crippen MR) is 81.3 cm³/mol. The second-order valence-electron chi connectivity index (χ2n) is 4.77. The van der Waals surface area contributed by atoms with E-state index in [1.165, 1.54) is 12.1 Å². The topological polar surface area (TPSA) is 51.5 Å². The quantitative estimate of drug-likeness (QED) is 0.793. The van der Waals surface area contributed by atoms with E-state index in [1.807, 2.05) is 18.2 Å². The standard InChI is InChI=1S/C17H14FNO3/c1-21-10-12-11-6-2-5-9-15(11)22-16(12)17(20)19-14-8-4-3-7-13(14)18/h2-9H,10H2,1H3,(H,19,20). The van der Waals surface area contributed by atoms with Crippen molar-refractivity contribution >= 4 is 22.6 Å². The van der Waals surface area contributed by atoms with E-state index in [0.717, 1.165) is 5.39 Å². The smallest absolute Gasteiger partial charge is 0.291 e. The molecule has 0 saturated heterocycles. The van der Waals surface area contributed by atoms with Crippen LogP contribution in [-0.2, 0) is 11.3 Å². The molecule has 0 fully saturated rings. The zero-order chi connectivity index (χ0) is 15.5. The first kappa shape index (κ1) is 14.3. The van der Waals surface area contributed by atoms with Gasteiger partial charge in [-0.3, -0.25) is 4.79 Å². The second-order valence-corrected chi connectivity index (χ2v) is 4.77. The zero-order valence-electron chi connectivity index (χ0n) is 11.9. The number of para-hydroxylation sites is 2. The summed E-state index contributed by atoms with van der Waals surface area (Å²) in [7, 11) is 1.54. The molecule has 0 radical (unpaired) electrons. The maximum absolute atomic E-state index is 13.6. The van der Waals surface area contributed by atoms with Crippen molar-refractivity contribution in [3.63, 3.8) is 0 Å². The third kappa shape index (κ3) is 2.58. The number of hydrogen-bond acceptors (Lipinski definition) is 3. The molecule has 22 heavy (non-hydrogen) atoms. The van der Waals surface area contributed by atoms with Gasteiger partial charge in [0.2, 0.25) is 0 Å². The van der Waals surface area contributed by atoms with Crippen molar-refractivity contribution in [2.24, 2.45) is 0 Å². The van der Waals surface area contributed by atoms with Crippen LogP contribution in [0.25, 0.3) is 11.0 Å². The van der Waals surface area contributed by atoms with Crippen LogP contribution in [0.2, 0.25) is 0 Å². The van der Waals surface area contributed by atoms with Crippen LogP contribution in [0, 0.1) is 5.82 Å². The summed E-state index contributed by atoms with van der Waals surface area (Å²) < 4.78 is 24.4. The van der Waals surface area contributed by atoms with Crippen molar-refractivity contribution in [1.29, 1.82) is 0 Å².